The Hall–Kier alpha value is -1.60. The lowest BCUT2D eigenvalue weighted by atomic mass is 10.0. The van der Waals surface area contributed by atoms with E-state index >= 15 is 0 Å². The highest BCUT2D eigenvalue weighted by molar-refractivity contribution is 6.42. The number of hydrogen-bond acceptors (Lipinski definition) is 4. The Balaban J connectivity index is 0.000000321. The van der Waals surface area contributed by atoms with Crippen LogP contribution in [-0.2, 0) is 16.1 Å². The van der Waals surface area contributed by atoms with Crippen LogP contribution < -0.4 is 5.32 Å². The van der Waals surface area contributed by atoms with Gasteiger partial charge in [-0.15, -0.1) is 0 Å². The maximum absolute atomic E-state index is 9.55. The van der Waals surface area contributed by atoms with Crippen LogP contribution >= 0.6 is 23.2 Å². The third-order valence-electron chi connectivity index (χ3n) is 5.32. The predicted molar refractivity (Wildman–Crippen MR) is 115 cm³/mol. The fourth-order valence-corrected chi connectivity index (χ4v) is 4.32. The van der Waals surface area contributed by atoms with Crippen LogP contribution in [0.4, 0.5) is 0 Å². The van der Waals surface area contributed by atoms with Gasteiger partial charge in [-0.1, -0.05) is 48.2 Å². The van der Waals surface area contributed by atoms with Gasteiger partial charge in [0, 0.05) is 30.8 Å². The van der Waals surface area contributed by atoms with E-state index in [1.54, 1.807) is 0 Å². The van der Waals surface area contributed by atoms with Crippen LogP contribution in [-0.4, -0.2) is 52.2 Å². The largest absolute Gasteiger partial charge is 0.478 e. The first-order valence-electron chi connectivity index (χ1n) is 9.91. The van der Waals surface area contributed by atoms with Crippen molar-refractivity contribution in [1.29, 1.82) is 0 Å². The van der Waals surface area contributed by atoms with Gasteiger partial charge in [-0.25, -0.2) is 9.59 Å². The number of carbonyl (C=O) groups is 2. The molecule has 0 spiro atoms. The van der Waals surface area contributed by atoms with Crippen molar-refractivity contribution in [3.05, 3.63) is 46.0 Å². The first-order chi connectivity index (χ1) is 13.9. The molecular weight excluding hydrogens is 415 g/mol. The fraction of sp³-hybridized carbons (Fsp3) is 0.524. The molecule has 1 aromatic carbocycles. The molecule has 0 unspecified atom stereocenters. The number of carboxylic acids is 2. The van der Waals surface area contributed by atoms with Gasteiger partial charge in [0.25, 0.3) is 0 Å². The van der Waals surface area contributed by atoms with Gasteiger partial charge in [0.2, 0.25) is 0 Å². The fourth-order valence-electron chi connectivity index (χ4n) is 3.94. The summed E-state index contributed by atoms with van der Waals surface area (Å²) in [6.45, 7) is 3.21. The Labute approximate surface area is 181 Å². The lowest BCUT2D eigenvalue weighted by molar-refractivity contribution is -0.134. The number of aliphatic carboxylic acids is 2. The van der Waals surface area contributed by atoms with Crippen molar-refractivity contribution in [2.75, 3.05) is 13.1 Å². The summed E-state index contributed by atoms with van der Waals surface area (Å²) in [4.78, 5) is 21.8. The number of nitrogens with zero attached hydrogens (tertiary/aromatic N) is 1. The summed E-state index contributed by atoms with van der Waals surface area (Å²) in [5.41, 5.74) is 1.18. The number of nitrogens with one attached hydrogen (secondary N) is 1. The highest BCUT2D eigenvalue weighted by atomic mass is 35.5. The van der Waals surface area contributed by atoms with E-state index in [-0.39, 0.29) is 0 Å². The van der Waals surface area contributed by atoms with E-state index in [0.717, 1.165) is 30.7 Å². The Morgan fingerprint density at radius 3 is 2.10 bits per heavy atom. The molecule has 0 amide bonds. The van der Waals surface area contributed by atoms with Crippen molar-refractivity contribution in [2.45, 2.75) is 57.2 Å². The first-order valence-corrected chi connectivity index (χ1v) is 10.7. The van der Waals surface area contributed by atoms with Gasteiger partial charge >= 0.3 is 11.9 Å². The first kappa shape index (κ1) is 23.7. The minimum absolute atomic E-state index is 0.558. The Kier molecular flexibility index (Phi) is 9.94. The average molecular weight is 443 g/mol. The topological polar surface area (TPSA) is 89.9 Å². The highest BCUT2D eigenvalue weighted by Gasteiger charge is 2.30. The zero-order chi connectivity index (χ0) is 21.2. The molecule has 1 saturated carbocycles. The van der Waals surface area contributed by atoms with Crippen molar-refractivity contribution < 1.29 is 19.8 Å². The molecule has 0 atom stereocenters. The van der Waals surface area contributed by atoms with E-state index in [2.05, 4.69) is 16.3 Å². The molecule has 3 rings (SSSR count). The van der Waals surface area contributed by atoms with E-state index in [9.17, 15) is 9.59 Å². The molecule has 160 valence electrons. The number of piperidine rings is 1. The van der Waals surface area contributed by atoms with Crippen LogP contribution in [0, 0.1) is 0 Å². The van der Waals surface area contributed by atoms with E-state index in [1.807, 2.05) is 12.1 Å². The van der Waals surface area contributed by atoms with E-state index < -0.39 is 11.9 Å². The molecule has 3 N–H and O–H groups in total. The van der Waals surface area contributed by atoms with Crippen LogP contribution in [0.5, 0.6) is 0 Å². The third-order valence-corrected chi connectivity index (χ3v) is 6.18. The summed E-state index contributed by atoms with van der Waals surface area (Å²) in [6, 6.07) is 7.42. The molecule has 1 heterocycles. The van der Waals surface area contributed by atoms with Crippen LogP contribution in [0.2, 0.25) is 10.0 Å². The normalized spacial score (nSPS) is 18.0. The maximum atomic E-state index is 9.55. The Bertz CT molecular complexity index is 699. The van der Waals surface area contributed by atoms with Gasteiger partial charge in [0.05, 0.1) is 10.0 Å². The van der Waals surface area contributed by atoms with E-state index in [0.29, 0.717) is 23.2 Å². The monoisotopic (exact) mass is 442 g/mol. The quantitative estimate of drug-likeness (QED) is 0.571. The van der Waals surface area contributed by atoms with Gasteiger partial charge in [-0.3, -0.25) is 4.90 Å². The summed E-state index contributed by atoms with van der Waals surface area (Å²) >= 11 is 12.6. The second-order valence-corrected chi connectivity index (χ2v) is 8.10. The molecule has 8 heteroatoms. The molecule has 1 aliphatic carbocycles. The van der Waals surface area contributed by atoms with E-state index in [4.69, 9.17) is 33.4 Å². The lowest BCUT2D eigenvalue weighted by Gasteiger charge is -2.39. The average Bonchev–Trinajstić information content (AvgIpc) is 3.23. The Morgan fingerprint density at radius 1 is 1.00 bits per heavy atom. The molecule has 0 bridgehead atoms. The van der Waals surface area contributed by atoms with Gasteiger partial charge in [-0.05, 0) is 50.4 Å². The molecule has 1 aliphatic heterocycles. The van der Waals surface area contributed by atoms with Crippen molar-refractivity contribution in [3.8, 4) is 0 Å². The molecule has 1 saturated heterocycles. The highest BCUT2D eigenvalue weighted by Crippen LogP contribution is 2.32. The maximum Gasteiger partial charge on any atom is 0.328 e. The van der Waals surface area contributed by atoms with Gasteiger partial charge in [-0.2, -0.15) is 0 Å². The molecule has 1 aromatic rings. The van der Waals surface area contributed by atoms with E-state index in [1.165, 1.54) is 44.1 Å². The van der Waals surface area contributed by atoms with Crippen LogP contribution in [0.15, 0.2) is 30.4 Å². The second kappa shape index (κ2) is 12.2. The lowest BCUT2D eigenvalue weighted by Crippen LogP contribution is -2.46. The molecule has 2 aliphatic rings. The zero-order valence-electron chi connectivity index (χ0n) is 16.3. The smallest absolute Gasteiger partial charge is 0.328 e. The minimum atomic E-state index is -1.26. The number of hydrogen-bond donors (Lipinski definition) is 3. The third kappa shape index (κ3) is 7.97. The molecule has 0 radical (unpaired) electrons. The molecule has 0 aromatic heterocycles. The molecule has 2 fully saturated rings. The van der Waals surface area contributed by atoms with Crippen LogP contribution in [0.25, 0.3) is 0 Å². The van der Waals surface area contributed by atoms with Crippen LogP contribution in [0.3, 0.4) is 0 Å². The van der Waals surface area contributed by atoms with Crippen molar-refractivity contribution in [1.82, 2.24) is 10.2 Å². The second-order valence-electron chi connectivity index (χ2n) is 7.31. The zero-order valence-corrected chi connectivity index (χ0v) is 17.8. The predicted octanol–water partition coefficient (Wildman–Crippen LogP) is 4.20. The van der Waals surface area contributed by atoms with Crippen LogP contribution in [0.1, 0.15) is 44.1 Å². The summed E-state index contributed by atoms with van der Waals surface area (Å²) in [5, 5.41) is 20.5. The summed E-state index contributed by atoms with van der Waals surface area (Å²) < 4.78 is 0. The number of carboxylic acid groups (broad SMARTS) is 2. The van der Waals surface area contributed by atoms with Gasteiger partial charge in [0.1, 0.15) is 0 Å². The van der Waals surface area contributed by atoms with Crippen molar-refractivity contribution in [2.24, 2.45) is 0 Å². The van der Waals surface area contributed by atoms with Crippen molar-refractivity contribution in [3.63, 3.8) is 0 Å². The number of halogens is 2. The van der Waals surface area contributed by atoms with Crippen molar-refractivity contribution >= 4 is 35.1 Å². The molecule has 6 nitrogen and oxygen atoms in total. The number of benzene rings is 1. The SMILES string of the molecule is Clc1cccc(CN(C2CCCC2)C2CCNCC2)c1Cl.O=C(O)/C=C/C(=O)O. The summed E-state index contributed by atoms with van der Waals surface area (Å²) in [5.74, 6) is -2.51. The summed E-state index contributed by atoms with van der Waals surface area (Å²) in [7, 11) is 0. The minimum Gasteiger partial charge on any atom is -0.478 e. The van der Waals surface area contributed by atoms with Gasteiger partial charge in [0.15, 0.2) is 0 Å². The molecular formula is C21H28Cl2N2O4. The molecule has 29 heavy (non-hydrogen) atoms. The summed E-state index contributed by atoms with van der Waals surface area (Å²) in [6.07, 6.45) is 9.02. The van der Waals surface area contributed by atoms with Gasteiger partial charge < -0.3 is 15.5 Å². The standard InChI is InChI=1S/C17H24Cl2N2.C4H4O4/c18-16-7-3-4-13(17(16)19)12-21(14-5-1-2-6-14)15-8-10-20-11-9-15;5-3(6)1-2-4(7)8/h3-4,7,14-15,20H,1-2,5-6,8-12H2;1-2H,(H,5,6)(H,7,8)/b;2-1+. The Morgan fingerprint density at radius 2 is 1.55 bits per heavy atom. The number of rotatable bonds is 6.